The van der Waals surface area contributed by atoms with Gasteiger partial charge in [-0.2, -0.15) is 0 Å². The highest BCUT2D eigenvalue weighted by Crippen LogP contribution is 2.40. The average molecular weight is 192 g/mol. The van der Waals surface area contributed by atoms with E-state index in [-0.39, 0.29) is 6.10 Å². The Morgan fingerprint density at radius 3 is 1.64 bits per heavy atom. The lowest BCUT2D eigenvalue weighted by Crippen LogP contribution is -2.26. The van der Waals surface area contributed by atoms with Crippen molar-refractivity contribution in [2.24, 2.45) is 11.8 Å². The van der Waals surface area contributed by atoms with Gasteiger partial charge in [0.1, 0.15) is 0 Å². The first-order valence-corrected chi connectivity index (χ1v) is 6.19. The van der Waals surface area contributed by atoms with E-state index in [4.69, 9.17) is 7.85 Å². The van der Waals surface area contributed by atoms with Crippen LogP contribution in [-0.2, 0) is 0 Å². The molecule has 14 heavy (non-hydrogen) atoms. The first kappa shape index (κ1) is 10.5. The molecule has 2 rings (SSSR count). The number of aliphatic hydroxyl groups excluding tert-OH is 1. The number of rotatable bonds is 1. The molecule has 1 nitrogen and oxygen atoms in total. The van der Waals surface area contributed by atoms with E-state index in [9.17, 15) is 5.11 Å². The van der Waals surface area contributed by atoms with Gasteiger partial charge in [-0.25, -0.2) is 0 Å². The van der Waals surface area contributed by atoms with Crippen molar-refractivity contribution >= 4 is 7.85 Å². The molecule has 2 aliphatic carbocycles. The lowest BCUT2D eigenvalue weighted by molar-refractivity contribution is 0.0823. The van der Waals surface area contributed by atoms with Gasteiger partial charge in [0.25, 0.3) is 0 Å². The van der Waals surface area contributed by atoms with Gasteiger partial charge in [-0.15, -0.1) is 0 Å². The second kappa shape index (κ2) is 4.70. The van der Waals surface area contributed by atoms with Crippen LogP contribution in [0.2, 0.25) is 5.82 Å². The molecule has 2 radical (unpaired) electrons. The van der Waals surface area contributed by atoms with Crippen molar-refractivity contribution in [1.82, 2.24) is 0 Å². The van der Waals surface area contributed by atoms with Crippen molar-refractivity contribution in [3.8, 4) is 0 Å². The van der Waals surface area contributed by atoms with Crippen LogP contribution >= 0.6 is 0 Å². The van der Waals surface area contributed by atoms with Crippen LogP contribution in [0.25, 0.3) is 0 Å². The summed E-state index contributed by atoms with van der Waals surface area (Å²) in [6.45, 7) is 0. The Morgan fingerprint density at radius 2 is 1.14 bits per heavy atom. The molecule has 0 aromatic heterocycles. The third kappa shape index (κ3) is 2.53. The smallest absolute Gasteiger partial charge is 0.0699 e. The van der Waals surface area contributed by atoms with Gasteiger partial charge in [0.2, 0.25) is 0 Å². The Kier molecular flexibility index (Phi) is 3.54. The fourth-order valence-electron chi connectivity index (χ4n) is 3.19. The Hall–Kier alpha value is 0.0249. The molecular formula is C12H21BO. The van der Waals surface area contributed by atoms with E-state index in [0.29, 0.717) is 5.82 Å². The second-order valence-electron chi connectivity index (χ2n) is 5.24. The Labute approximate surface area is 88.7 Å². The van der Waals surface area contributed by atoms with Crippen molar-refractivity contribution in [2.45, 2.75) is 63.3 Å². The van der Waals surface area contributed by atoms with Crippen LogP contribution in [0.3, 0.4) is 0 Å². The number of hydrogen-bond acceptors (Lipinski definition) is 1. The van der Waals surface area contributed by atoms with Gasteiger partial charge in [-0.3, -0.25) is 0 Å². The molecule has 2 aliphatic rings. The third-order valence-corrected chi connectivity index (χ3v) is 4.22. The van der Waals surface area contributed by atoms with E-state index in [1.807, 2.05) is 0 Å². The second-order valence-corrected chi connectivity index (χ2v) is 5.24. The summed E-state index contributed by atoms with van der Waals surface area (Å²) in [5.74, 6) is 2.29. The van der Waals surface area contributed by atoms with Crippen molar-refractivity contribution < 1.29 is 5.11 Å². The normalized spacial score (nSPS) is 44.9. The molecule has 1 N–H and O–H groups in total. The van der Waals surface area contributed by atoms with Gasteiger partial charge < -0.3 is 5.11 Å². The van der Waals surface area contributed by atoms with Crippen molar-refractivity contribution in [1.29, 1.82) is 0 Å². The zero-order valence-corrected chi connectivity index (χ0v) is 8.99. The molecule has 0 unspecified atom stereocenters. The quantitative estimate of drug-likeness (QED) is 0.633. The minimum Gasteiger partial charge on any atom is -0.393 e. The first-order valence-electron chi connectivity index (χ1n) is 6.19. The fraction of sp³-hybridized carbons (Fsp3) is 1.00. The largest absolute Gasteiger partial charge is 0.393 e. The topological polar surface area (TPSA) is 20.2 Å². The molecule has 0 aromatic rings. The SMILES string of the molecule is [B]C1CCC(C2CCC(O)CC2)CC1. The van der Waals surface area contributed by atoms with Gasteiger partial charge >= 0.3 is 0 Å². The van der Waals surface area contributed by atoms with Gasteiger partial charge in [0.15, 0.2) is 0 Å². The molecule has 0 amide bonds. The summed E-state index contributed by atoms with van der Waals surface area (Å²) in [4.78, 5) is 0. The molecule has 2 saturated carbocycles. The highest BCUT2D eigenvalue weighted by atomic mass is 16.3. The average Bonchev–Trinajstić information content (AvgIpc) is 2.21. The Balaban J connectivity index is 1.78. The van der Waals surface area contributed by atoms with E-state index in [2.05, 4.69) is 0 Å². The molecule has 0 aliphatic heterocycles. The minimum absolute atomic E-state index is 0.00269. The molecule has 0 spiro atoms. The summed E-state index contributed by atoms with van der Waals surface area (Å²) < 4.78 is 0. The number of hydrogen-bond donors (Lipinski definition) is 1. The molecule has 2 fully saturated rings. The zero-order chi connectivity index (χ0) is 9.97. The molecule has 0 saturated heterocycles. The molecule has 78 valence electrons. The predicted molar refractivity (Wildman–Crippen MR) is 59.4 cm³/mol. The van der Waals surface area contributed by atoms with Crippen molar-refractivity contribution in [2.75, 3.05) is 0 Å². The summed E-state index contributed by atoms with van der Waals surface area (Å²) in [5, 5.41) is 9.45. The minimum atomic E-state index is -0.00269. The summed E-state index contributed by atoms with van der Waals surface area (Å²) in [6.07, 6.45) is 9.69. The highest BCUT2D eigenvalue weighted by molar-refractivity contribution is 6.11. The van der Waals surface area contributed by atoms with Gasteiger partial charge in [0, 0.05) is 0 Å². The first-order chi connectivity index (χ1) is 6.75. The van der Waals surface area contributed by atoms with E-state index in [1.54, 1.807) is 0 Å². The maximum absolute atomic E-state index is 9.45. The molecular weight excluding hydrogens is 171 g/mol. The number of aliphatic hydroxyl groups is 1. The molecule has 0 aromatic carbocycles. The lowest BCUT2D eigenvalue weighted by Gasteiger charge is -2.36. The zero-order valence-electron chi connectivity index (χ0n) is 8.99. The standard InChI is InChI=1S/C12H21BO/c13-11-5-1-9(2-6-11)10-3-7-12(14)8-4-10/h9-12,14H,1-8H2. The monoisotopic (exact) mass is 192 g/mol. The summed E-state index contributed by atoms with van der Waals surface area (Å²) in [6, 6.07) is 0. The van der Waals surface area contributed by atoms with Crippen LogP contribution in [0.15, 0.2) is 0 Å². The van der Waals surface area contributed by atoms with Crippen LogP contribution < -0.4 is 0 Å². The van der Waals surface area contributed by atoms with E-state index in [0.717, 1.165) is 24.7 Å². The molecule has 0 bridgehead atoms. The third-order valence-electron chi connectivity index (χ3n) is 4.22. The van der Waals surface area contributed by atoms with Gasteiger partial charge in [0.05, 0.1) is 14.0 Å². The lowest BCUT2D eigenvalue weighted by atomic mass is 9.66. The van der Waals surface area contributed by atoms with E-state index < -0.39 is 0 Å². The van der Waals surface area contributed by atoms with Crippen LogP contribution in [0.1, 0.15) is 51.4 Å². The molecule has 0 heterocycles. The maximum Gasteiger partial charge on any atom is 0.0699 e. The Bertz CT molecular complexity index is 147. The summed E-state index contributed by atoms with van der Waals surface area (Å²) in [5.41, 5.74) is 0. The van der Waals surface area contributed by atoms with Gasteiger partial charge in [-0.1, -0.05) is 31.5 Å². The fourth-order valence-corrected chi connectivity index (χ4v) is 3.19. The molecule has 0 atom stereocenters. The highest BCUT2D eigenvalue weighted by Gasteiger charge is 2.28. The van der Waals surface area contributed by atoms with Gasteiger partial charge in [-0.05, 0) is 37.5 Å². The predicted octanol–water partition coefficient (Wildman–Crippen LogP) is 2.68. The Morgan fingerprint density at radius 1 is 0.714 bits per heavy atom. The maximum atomic E-state index is 9.45. The summed E-state index contributed by atoms with van der Waals surface area (Å²) >= 11 is 0. The van der Waals surface area contributed by atoms with Crippen LogP contribution in [0.5, 0.6) is 0 Å². The van der Waals surface area contributed by atoms with Crippen LogP contribution in [-0.4, -0.2) is 19.1 Å². The van der Waals surface area contributed by atoms with Crippen LogP contribution in [0, 0.1) is 11.8 Å². The summed E-state index contributed by atoms with van der Waals surface area (Å²) in [7, 11) is 5.91. The van der Waals surface area contributed by atoms with Crippen molar-refractivity contribution in [3.05, 3.63) is 0 Å². The van der Waals surface area contributed by atoms with Crippen LogP contribution in [0.4, 0.5) is 0 Å². The van der Waals surface area contributed by atoms with Crippen molar-refractivity contribution in [3.63, 3.8) is 0 Å². The van der Waals surface area contributed by atoms with E-state index in [1.165, 1.54) is 38.5 Å². The molecule has 2 heteroatoms. The van der Waals surface area contributed by atoms with E-state index >= 15 is 0 Å².